The van der Waals surface area contributed by atoms with Crippen molar-refractivity contribution in [2.24, 2.45) is 4.99 Å². The lowest BCUT2D eigenvalue weighted by molar-refractivity contribution is 0.0781. The summed E-state index contributed by atoms with van der Waals surface area (Å²) in [4.78, 5) is 9.68. The summed E-state index contributed by atoms with van der Waals surface area (Å²) >= 11 is 1.98. The number of hydrogen-bond acceptors (Lipinski definition) is 4. The first kappa shape index (κ1) is 20.6. The molecule has 7 heteroatoms. The molecule has 0 spiro atoms. The number of rotatable bonds is 4. The maximum Gasteiger partial charge on any atom is 0.193 e. The Morgan fingerprint density at radius 1 is 1.25 bits per heavy atom. The van der Waals surface area contributed by atoms with Crippen LogP contribution in [0.15, 0.2) is 4.99 Å². The van der Waals surface area contributed by atoms with Crippen LogP contribution in [-0.2, 0) is 4.74 Å². The Morgan fingerprint density at radius 2 is 1.96 bits per heavy atom. The molecular formula is C17H33IN4OS. The van der Waals surface area contributed by atoms with Crippen molar-refractivity contribution in [1.82, 2.24) is 15.1 Å². The molecule has 0 saturated carbocycles. The van der Waals surface area contributed by atoms with Crippen LogP contribution in [0.2, 0.25) is 0 Å². The van der Waals surface area contributed by atoms with Crippen LogP contribution >= 0.6 is 35.7 Å². The molecule has 1 unspecified atom stereocenters. The maximum atomic E-state index is 5.54. The summed E-state index contributed by atoms with van der Waals surface area (Å²) in [5.41, 5.74) is 0. The topological polar surface area (TPSA) is 40.1 Å². The van der Waals surface area contributed by atoms with E-state index in [1.807, 2.05) is 18.8 Å². The average Bonchev–Trinajstić information content (AvgIpc) is 3.28. The van der Waals surface area contributed by atoms with Gasteiger partial charge in [0.25, 0.3) is 0 Å². The molecule has 0 bridgehead atoms. The molecule has 3 aliphatic rings. The molecule has 0 aromatic carbocycles. The van der Waals surface area contributed by atoms with E-state index in [0.29, 0.717) is 4.75 Å². The highest BCUT2D eigenvalue weighted by atomic mass is 127. The minimum absolute atomic E-state index is 0. The van der Waals surface area contributed by atoms with Crippen molar-refractivity contribution >= 4 is 41.7 Å². The summed E-state index contributed by atoms with van der Waals surface area (Å²) in [6.45, 7) is 7.63. The minimum atomic E-state index is 0. The van der Waals surface area contributed by atoms with E-state index in [1.54, 1.807) is 0 Å². The van der Waals surface area contributed by atoms with Crippen LogP contribution < -0.4 is 5.32 Å². The molecule has 3 aliphatic heterocycles. The predicted molar refractivity (Wildman–Crippen MR) is 114 cm³/mol. The lowest BCUT2D eigenvalue weighted by atomic mass is 9.99. The van der Waals surface area contributed by atoms with Gasteiger partial charge in [-0.25, -0.2) is 0 Å². The van der Waals surface area contributed by atoms with Crippen molar-refractivity contribution in [1.29, 1.82) is 0 Å². The van der Waals surface area contributed by atoms with E-state index in [-0.39, 0.29) is 24.0 Å². The molecule has 0 radical (unpaired) electrons. The van der Waals surface area contributed by atoms with Gasteiger partial charge in [-0.1, -0.05) is 0 Å². The number of nitrogens with zero attached hydrogens (tertiary/aromatic N) is 3. The fraction of sp³-hybridized carbons (Fsp3) is 0.941. The maximum absolute atomic E-state index is 5.54. The lowest BCUT2D eigenvalue weighted by Gasteiger charge is -2.37. The molecule has 3 saturated heterocycles. The highest BCUT2D eigenvalue weighted by Gasteiger charge is 2.34. The monoisotopic (exact) mass is 468 g/mol. The summed E-state index contributed by atoms with van der Waals surface area (Å²) in [6, 6.07) is 0.730. The van der Waals surface area contributed by atoms with E-state index < -0.39 is 0 Å². The fourth-order valence-corrected chi connectivity index (χ4v) is 4.90. The van der Waals surface area contributed by atoms with Gasteiger partial charge >= 0.3 is 0 Å². The molecular weight excluding hydrogens is 435 g/mol. The first-order chi connectivity index (χ1) is 11.3. The summed E-state index contributed by atoms with van der Waals surface area (Å²) in [6.07, 6.45) is 8.53. The van der Waals surface area contributed by atoms with Crippen LogP contribution in [0.5, 0.6) is 0 Å². The SMILES string of the molecule is CN=C(NCC1(SC)CCOCC1)N1CCC(N2CCCC2)C1.I. The molecule has 1 N–H and O–H groups in total. The minimum Gasteiger partial charge on any atom is -0.381 e. The third-order valence-electron chi connectivity index (χ3n) is 5.74. The zero-order valence-electron chi connectivity index (χ0n) is 15.1. The number of nitrogens with one attached hydrogen (secondary N) is 1. The normalized spacial score (nSPS) is 28.0. The van der Waals surface area contributed by atoms with Gasteiger partial charge < -0.3 is 15.0 Å². The van der Waals surface area contributed by atoms with Crippen molar-refractivity contribution in [3.63, 3.8) is 0 Å². The first-order valence-corrected chi connectivity index (χ1v) is 10.3. The van der Waals surface area contributed by atoms with Gasteiger partial charge in [-0.2, -0.15) is 11.8 Å². The van der Waals surface area contributed by atoms with Crippen molar-refractivity contribution in [2.45, 2.75) is 42.9 Å². The highest BCUT2D eigenvalue weighted by Crippen LogP contribution is 2.33. The van der Waals surface area contributed by atoms with Gasteiger partial charge in [0, 0.05) is 50.7 Å². The van der Waals surface area contributed by atoms with E-state index in [1.165, 1.54) is 32.4 Å². The molecule has 3 rings (SSSR count). The van der Waals surface area contributed by atoms with Gasteiger partial charge in [0.2, 0.25) is 0 Å². The van der Waals surface area contributed by atoms with Gasteiger partial charge in [0.05, 0.1) is 0 Å². The largest absolute Gasteiger partial charge is 0.381 e. The number of thioether (sulfide) groups is 1. The molecule has 140 valence electrons. The summed E-state index contributed by atoms with van der Waals surface area (Å²) in [7, 11) is 1.92. The van der Waals surface area contributed by atoms with Crippen LogP contribution in [-0.4, -0.2) is 85.8 Å². The molecule has 5 nitrogen and oxygen atoms in total. The number of aliphatic imine (C=N–C) groups is 1. The van der Waals surface area contributed by atoms with E-state index in [0.717, 1.165) is 57.7 Å². The Kier molecular flexibility index (Phi) is 8.43. The van der Waals surface area contributed by atoms with Gasteiger partial charge in [-0.05, 0) is 51.4 Å². The smallest absolute Gasteiger partial charge is 0.193 e. The summed E-state index contributed by atoms with van der Waals surface area (Å²) in [5, 5.41) is 3.66. The second-order valence-electron chi connectivity index (χ2n) is 7.03. The van der Waals surface area contributed by atoms with Crippen molar-refractivity contribution in [3.05, 3.63) is 0 Å². The summed E-state index contributed by atoms with van der Waals surface area (Å²) < 4.78 is 5.85. The zero-order chi connectivity index (χ0) is 16.1. The number of hydrogen-bond donors (Lipinski definition) is 1. The molecule has 0 aliphatic carbocycles. The van der Waals surface area contributed by atoms with Crippen LogP contribution in [0.1, 0.15) is 32.1 Å². The van der Waals surface area contributed by atoms with Crippen molar-refractivity contribution in [3.8, 4) is 0 Å². The second-order valence-corrected chi connectivity index (χ2v) is 8.31. The van der Waals surface area contributed by atoms with Crippen LogP contribution in [0, 0.1) is 0 Å². The van der Waals surface area contributed by atoms with Crippen LogP contribution in [0.4, 0.5) is 0 Å². The van der Waals surface area contributed by atoms with E-state index in [2.05, 4.69) is 26.4 Å². The molecule has 1 atom stereocenters. The lowest BCUT2D eigenvalue weighted by Crippen LogP contribution is -2.49. The highest BCUT2D eigenvalue weighted by molar-refractivity contribution is 14.0. The molecule has 24 heavy (non-hydrogen) atoms. The van der Waals surface area contributed by atoms with E-state index in [4.69, 9.17) is 4.74 Å². The molecule has 3 heterocycles. The van der Waals surface area contributed by atoms with Gasteiger partial charge in [0.1, 0.15) is 0 Å². The Labute approximate surface area is 168 Å². The number of guanidine groups is 1. The number of ether oxygens (including phenoxy) is 1. The van der Waals surface area contributed by atoms with Crippen molar-refractivity contribution in [2.75, 3.05) is 59.2 Å². The van der Waals surface area contributed by atoms with Crippen LogP contribution in [0.3, 0.4) is 0 Å². The van der Waals surface area contributed by atoms with Crippen LogP contribution in [0.25, 0.3) is 0 Å². The first-order valence-electron chi connectivity index (χ1n) is 9.09. The Hall–Kier alpha value is 0.270. The van der Waals surface area contributed by atoms with E-state index in [9.17, 15) is 0 Å². The molecule has 0 aromatic rings. The Bertz CT molecular complexity index is 411. The standard InChI is InChI=1S/C17H32N4OS.HI/c1-18-16(19-14-17(23-2)6-11-22-12-7-17)21-10-5-15(13-21)20-8-3-4-9-20;/h15H,3-14H2,1-2H3,(H,18,19);1H. The number of halogens is 1. The zero-order valence-corrected chi connectivity index (χ0v) is 18.3. The molecule has 0 amide bonds. The number of likely N-dealkylation sites (tertiary alicyclic amines) is 2. The van der Waals surface area contributed by atoms with Gasteiger partial charge in [0.15, 0.2) is 5.96 Å². The second kappa shape index (κ2) is 9.83. The van der Waals surface area contributed by atoms with E-state index >= 15 is 0 Å². The fourth-order valence-electron chi connectivity index (χ4n) is 4.11. The average molecular weight is 468 g/mol. The third kappa shape index (κ3) is 4.92. The van der Waals surface area contributed by atoms with Gasteiger partial charge in [-0.3, -0.25) is 9.89 Å². The Morgan fingerprint density at radius 3 is 2.58 bits per heavy atom. The quantitative estimate of drug-likeness (QED) is 0.390. The summed E-state index contributed by atoms with van der Waals surface area (Å²) in [5.74, 6) is 1.09. The predicted octanol–water partition coefficient (Wildman–Crippen LogP) is 2.26. The van der Waals surface area contributed by atoms with Crippen molar-refractivity contribution < 1.29 is 4.74 Å². The third-order valence-corrected chi connectivity index (χ3v) is 7.16. The Balaban J connectivity index is 0.00000208. The van der Waals surface area contributed by atoms with Gasteiger partial charge in [-0.15, -0.1) is 24.0 Å². The molecule has 0 aromatic heterocycles. The molecule has 3 fully saturated rings.